The van der Waals surface area contributed by atoms with Gasteiger partial charge in [0.25, 0.3) is 0 Å². The quantitative estimate of drug-likeness (QED) is 0.310. The Balaban J connectivity index is 2.07. The monoisotopic (exact) mass is 346 g/mol. The van der Waals surface area contributed by atoms with Gasteiger partial charge in [-0.15, -0.1) is 0 Å². The van der Waals surface area contributed by atoms with Crippen LogP contribution in [0.15, 0.2) is 29.8 Å². The molecule has 0 aromatic heterocycles. The van der Waals surface area contributed by atoms with Crippen molar-refractivity contribution < 1.29 is 14.6 Å². The highest BCUT2D eigenvalue weighted by Gasteiger charge is 2.00. The van der Waals surface area contributed by atoms with Gasteiger partial charge >= 0.3 is 5.97 Å². The molecule has 0 radical (unpaired) electrons. The third-order valence-electron chi connectivity index (χ3n) is 4.37. The molecule has 1 rings (SSSR count). The first-order chi connectivity index (χ1) is 12.1. The molecule has 1 aromatic rings. The summed E-state index contributed by atoms with van der Waals surface area (Å²) in [5.74, 6) is -0.0395. The summed E-state index contributed by atoms with van der Waals surface area (Å²) in [7, 11) is 0. The van der Waals surface area contributed by atoms with E-state index >= 15 is 0 Å². The van der Waals surface area contributed by atoms with Crippen LogP contribution in [0.1, 0.15) is 83.6 Å². The molecule has 0 fully saturated rings. The van der Waals surface area contributed by atoms with Crippen LogP contribution in [0, 0.1) is 0 Å². The van der Waals surface area contributed by atoms with Gasteiger partial charge in [0.1, 0.15) is 5.75 Å². The second kappa shape index (κ2) is 13.5. The lowest BCUT2D eigenvalue weighted by Crippen LogP contribution is -1.97. The zero-order valence-electron chi connectivity index (χ0n) is 15.9. The van der Waals surface area contributed by atoms with E-state index < -0.39 is 5.97 Å². The van der Waals surface area contributed by atoms with Crippen LogP contribution in [-0.2, 0) is 4.79 Å². The Morgan fingerprint density at radius 1 is 0.920 bits per heavy atom. The van der Waals surface area contributed by atoms with Gasteiger partial charge in [-0.3, -0.25) is 0 Å². The largest absolute Gasteiger partial charge is 0.494 e. The van der Waals surface area contributed by atoms with Crippen LogP contribution < -0.4 is 4.74 Å². The van der Waals surface area contributed by atoms with Gasteiger partial charge in [-0.2, -0.15) is 0 Å². The fourth-order valence-corrected chi connectivity index (χ4v) is 2.75. The molecule has 0 spiro atoms. The second-order valence-electron chi connectivity index (χ2n) is 6.73. The molecule has 0 heterocycles. The summed E-state index contributed by atoms with van der Waals surface area (Å²) in [4.78, 5) is 10.8. The highest BCUT2D eigenvalue weighted by atomic mass is 16.5. The first-order valence-corrected chi connectivity index (χ1v) is 9.78. The third kappa shape index (κ3) is 10.6. The molecule has 0 unspecified atom stereocenters. The van der Waals surface area contributed by atoms with E-state index in [2.05, 4.69) is 6.92 Å². The van der Waals surface area contributed by atoms with E-state index in [1.54, 1.807) is 13.0 Å². The SMILES string of the molecule is CCCCCCCCCCCCOc1ccc(/C=C(\C)C(=O)O)cc1. The van der Waals surface area contributed by atoms with Crippen molar-refractivity contribution in [3.05, 3.63) is 35.4 Å². The van der Waals surface area contributed by atoms with Gasteiger partial charge in [-0.05, 0) is 37.1 Å². The maximum absolute atomic E-state index is 10.8. The lowest BCUT2D eigenvalue weighted by molar-refractivity contribution is -0.132. The summed E-state index contributed by atoms with van der Waals surface area (Å²) in [5, 5.41) is 8.87. The fourth-order valence-electron chi connectivity index (χ4n) is 2.75. The maximum Gasteiger partial charge on any atom is 0.331 e. The summed E-state index contributed by atoms with van der Waals surface area (Å²) >= 11 is 0. The minimum atomic E-state index is -0.888. The van der Waals surface area contributed by atoms with Crippen molar-refractivity contribution in [3.8, 4) is 5.75 Å². The first-order valence-electron chi connectivity index (χ1n) is 9.78. The molecule has 3 nitrogen and oxygen atoms in total. The molecule has 0 saturated heterocycles. The van der Waals surface area contributed by atoms with Crippen LogP contribution >= 0.6 is 0 Å². The topological polar surface area (TPSA) is 46.5 Å². The molecule has 0 aliphatic carbocycles. The standard InChI is InChI=1S/C22H34O3/c1-3-4-5-6-7-8-9-10-11-12-17-25-21-15-13-20(14-16-21)18-19(2)22(23)24/h13-16,18H,3-12,17H2,1-2H3,(H,23,24)/b19-18+. The third-order valence-corrected chi connectivity index (χ3v) is 4.37. The van der Waals surface area contributed by atoms with Gasteiger partial charge in [-0.1, -0.05) is 76.8 Å². The van der Waals surface area contributed by atoms with Crippen molar-refractivity contribution in [1.82, 2.24) is 0 Å². The summed E-state index contributed by atoms with van der Waals surface area (Å²) in [6.45, 7) is 4.60. The Labute approximate surface area is 153 Å². The molecular weight excluding hydrogens is 312 g/mol. The van der Waals surface area contributed by atoms with E-state index in [1.807, 2.05) is 24.3 Å². The number of aliphatic carboxylic acids is 1. The molecule has 1 aromatic carbocycles. The molecule has 0 aliphatic rings. The Bertz CT molecular complexity index is 503. The Hall–Kier alpha value is -1.77. The normalized spacial score (nSPS) is 11.5. The predicted octanol–water partition coefficient (Wildman–Crippen LogP) is 6.47. The van der Waals surface area contributed by atoms with Crippen molar-refractivity contribution in [2.24, 2.45) is 0 Å². The van der Waals surface area contributed by atoms with Crippen LogP contribution in [0.2, 0.25) is 0 Å². The minimum absolute atomic E-state index is 0.332. The van der Waals surface area contributed by atoms with E-state index in [0.717, 1.165) is 24.3 Å². The van der Waals surface area contributed by atoms with Crippen LogP contribution in [0.5, 0.6) is 5.75 Å². The predicted molar refractivity (Wildman–Crippen MR) is 105 cm³/mol. The van der Waals surface area contributed by atoms with Gasteiger partial charge in [-0.25, -0.2) is 4.79 Å². The summed E-state index contributed by atoms with van der Waals surface area (Å²) in [5.41, 5.74) is 1.21. The number of hydrogen-bond acceptors (Lipinski definition) is 2. The van der Waals surface area contributed by atoms with Gasteiger partial charge in [0.2, 0.25) is 0 Å². The summed E-state index contributed by atoms with van der Waals surface area (Å²) < 4.78 is 5.75. The molecular formula is C22H34O3. The average molecular weight is 347 g/mol. The van der Waals surface area contributed by atoms with E-state index in [4.69, 9.17) is 9.84 Å². The van der Waals surface area contributed by atoms with E-state index in [9.17, 15) is 4.79 Å². The van der Waals surface area contributed by atoms with Crippen molar-refractivity contribution in [2.75, 3.05) is 6.61 Å². The molecule has 0 aliphatic heterocycles. The molecule has 3 heteroatoms. The Morgan fingerprint density at radius 2 is 1.44 bits per heavy atom. The number of unbranched alkanes of at least 4 members (excludes halogenated alkanes) is 9. The van der Waals surface area contributed by atoms with Gasteiger partial charge in [0.15, 0.2) is 0 Å². The first kappa shape index (κ1) is 21.3. The van der Waals surface area contributed by atoms with Gasteiger partial charge < -0.3 is 9.84 Å². The lowest BCUT2D eigenvalue weighted by atomic mass is 10.1. The molecule has 140 valence electrons. The number of ether oxygens (including phenoxy) is 1. The lowest BCUT2D eigenvalue weighted by Gasteiger charge is -2.07. The average Bonchev–Trinajstić information content (AvgIpc) is 2.61. The van der Waals surface area contributed by atoms with E-state index in [-0.39, 0.29) is 0 Å². The Morgan fingerprint density at radius 3 is 1.96 bits per heavy atom. The van der Waals surface area contributed by atoms with Gasteiger partial charge in [0, 0.05) is 5.57 Å². The summed E-state index contributed by atoms with van der Waals surface area (Å²) in [6.07, 6.45) is 14.9. The molecule has 0 amide bonds. The number of benzene rings is 1. The molecule has 25 heavy (non-hydrogen) atoms. The number of carboxylic acids is 1. The summed E-state index contributed by atoms with van der Waals surface area (Å²) in [6, 6.07) is 7.58. The van der Waals surface area contributed by atoms with E-state index in [1.165, 1.54) is 57.8 Å². The number of hydrogen-bond donors (Lipinski definition) is 1. The molecule has 1 N–H and O–H groups in total. The van der Waals surface area contributed by atoms with Crippen molar-refractivity contribution in [3.63, 3.8) is 0 Å². The highest BCUT2D eigenvalue weighted by molar-refractivity contribution is 5.91. The van der Waals surface area contributed by atoms with Crippen LogP contribution in [-0.4, -0.2) is 17.7 Å². The molecule has 0 bridgehead atoms. The van der Waals surface area contributed by atoms with Crippen LogP contribution in [0.25, 0.3) is 6.08 Å². The molecule has 0 atom stereocenters. The fraction of sp³-hybridized carbons (Fsp3) is 0.591. The van der Waals surface area contributed by atoms with Crippen molar-refractivity contribution in [2.45, 2.75) is 78.1 Å². The van der Waals surface area contributed by atoms with Gasteiger partial charge in [0.05, 0.1) is 6.61 Å². The maximum atomic E-state index is 10.8. The minimum Gasteiger partial charge on any atom is -0.494 e. The zero-order chi connectivity index (χ0) is 18.3. The smallest absolute Gasteiger partial charge is 0.331 e. The number of carbonyl (C=O) groups is 1. The highest BCUT2D eigenvalue weighted by Crippen LogP contribution is 2.16. The number of carboxylic acid groups (broad SMARTS) is 1. The van der Waals surface area contributed by atoms with E-state index in [0.29, 0.717) is 5.57 Å². The number of rotatable bonds is 14. The van der Waals surface area contributed by atoms with Crippen molar-refractivity contribution >= 4 is 12.0 Å². The molecule has 0 saturated carbocycles. The second-order valence-corrected chi connectivity index (χ2v) is 6.73. The van der Waals surface area contributed by atoms with Crippen molar-refractivity contribution in [1.29, 1.82) is 0 Å². The van der Waals surface area contributed by atoms with Crippen LogP contribution in [0.3, 0.4) is 0 Å². The van der Waals surface area contributed by atoms with Crippen LogP contribution in [0.4, 0.5) is 0 Å². The zero-order valence-corrected chi connectivity index (χ0v) is 15.9. The Kier molecular flexibility index (Phi) is 11.5.